The number of hydrogen-bond acceptors (Lipinski definition) is 6. The molecule has 6 nitrogen and oxygen atoms in total. The zero-order valence-electron chi connectivity index (χ0n) is 18.1. The summed E-state index contributed by atoms with van der Waals surface area (Å²) in [6, 6.07) is 4.96. The van der Waals surface area contributed by atoms with Crippen molar-refractivity contribution in [2.24, 2.45) is 0 Å². The minimum Gasteiger partial charge on any atom is -0.495 e. The molecule has 1 heterocycles. The van der Waals surface area contributed by atoms with Crippen LogP contribution in [0.2, 0.25) is 5.02 Å². The molecule has 0 saturated carbocycles. The van der Waals surface area contributed by atoms with Crippen molar-refractivity contribution in [3.05, 3.63) is 40.3 Å². The Labute approximate surface area is 190 Å². The number of imidazole rings is 1. The molecule has 0 aliphatic carbocycles. The topological polar surface area (TPSA) is 56.6 Å². The van der Waals surface area contributed by atoms with E-state index in [0.717, 1.165) is 0 Å². The van der Waals surface area contributed by atoms with Crippen molar-refractivity contribution < 1.29 is 18.2 Å². The van der Waals surface area contributed by atoms with Crippen LogP contribution in [0.4, 0.5) is 8.68 Å². The number of benzene rings is 1. The van der Waals surface area contributed by atoms with Gasteiger partial charge in [-0.15, -0.1) is 15.6 Å². The largest absolute Gasteiger partial charge is 0.495 e. The Morgan fingerprint density at radius 1 is 1.27 bits per heavy atom. The standard InChI is InChI=1S/C20H27ClFN3O3S2/c1-11(2)24(12(3)4)20(26)28-17(14-9-8-10-15(21)16(14)27-6)18-23-19(29-7)13(5)25(18)30-22/h8-12,17H,1-7H3. The summed E-state index contributed by atoms with van der Waals surface area (Å²) in [6.07, 6.45) is 0.301. The second kappa shape index (κ2) is 10.6. The normalized spacial score (nSPS) is 12.4. The van der Waals surface area contributed by atoms with Gasteiger partial charge in [0.2, 0.25) is 0 Å². The predicted octanol–water partition coefficient (Wildman–Crippen LogP) is 6.30. The second-order valence-corrected chi connectivity index (χ2v) is 8.85. The van der Waals surface area contributed by atoms with Crippen LogP contribution >= 0.6 is 35.7 Å². The van der Waals surface area contributed by atoms with Gasteiger partial charge in [-0.05, 0) is 46.9 Å². The van der Waals surface area contributed by atoms with E-state index in [1.54, 1.807) is 30.0 Å². The zero-order chi connectivity index (χ0) is 22.6. The molecule has 166 valence electrons. The number of amides is 1. The average molecular weight is 476 g/mol. The Hall–Kier alpha value is -1.58. The molecule has 0 aliphatic heterocycles. The molecule has 0 aliphatic rings. The first-order valence-corrected chi connectivity index (χ1v) is 11.7. The third kappa shape index (κ3) is 5.00. The molecule has 2 rings (SSSR count). The lowest BCUT2D eigenvalue weighted by atomic mass is 10.1. The van der Waals surface area contributed by atoms with Crippen molar-refractivity contribution in [3.8, 4) is 5.75 Å². The highest BCUT2D eigenvalue weighted by Gasteiger charge is 2.33. The predicted molar refractivity (Wildman–Crippen MR) is 121 cm³/mol. The lowest BCUT2D eigenvalue weighted by Crippen LogP contribution is -2.43. The maximum atomic E-state index is 13.9. The molecule has 1 unspecified atom stereocenters. The summed E-state index contributed by atoms with van der Waals surface area (Å²) in [5, 5.41) is 0.996. The fraction of sp³-hybridized carbons (Fsp3) is 0.500. The molecule has 2 aromatic rings. The summed E-state index contributed by atoms with van der Waals surface area (Å²) < 4.78 is 26.6. The molecule has 1 amide bonds. The number of ether oxygens (including phenoxy) is 2. The van der Waals surface area contributed by atoms with Crippen LogP contribution in [0, 0.1) is 6.92 Å². The number of thioether (sulfide) groups is 1. The van der Waals surface area contributed by atoms with Crippen LogP contribution in [0.1, 0.15) is 50.9 Å². The Balaban J connectivity index is 2.66. The van der Waals surface area contributed by atoms with Gasteiger partial charge in [0.15, 0.2) is 24.3 Å². The summed E-state index contributed by atoms with van der Waals surface area (Å²) in [4.78, 5) is 19.3. The van der Waals surface area contributed by atoms with Crippen molar-refractivity contribution in [3.63, 3.8) is 0 Å². The number of carbonyl (C=O) groups excluding carboxylic acids is 1. The molecule has 1 atom stereocenters. The molecule has 0 saturated heterocycles. The van der Waals surface area contributed by atoms with Gasteiger partial charge in [-0.25, -0.2) is 13.8 Å². The number of hydrogen-bond donors (Lipinski definition) is 0. The Morgan fingerprint density at radius 3 is 2.40 bits per heavy atom. The van der Waals surface area contributed by atoms with Crippen LogP contribution in [0.3, 0.4) is 0 Å². The smallest absolute Gasteiger partial charge is 0.411 e. The van der Waals surface area contributed by atoms with Gasteiger partial charge in [-0.2, -0.15) is 0 Å². The van der Waals surface area contributed by atoms with Crippen molar-refractivity contribution in [2.75, 3.05) is 13.4 Å². The first-order valence-electron chi connectivity index (χ1n) is 9.41. The van der Waals surface area contributed by atoms with Gasteiger partial charge in [0, 0.05) is 17.6 Å². The van der Waals surface area contributed by atoms with Gasteiger partial charge < -0.3 is 14.4 Å². The highest BCUT2D eigenvalue weighted by atomic mass is 35.5. The number of aromatic nitrogens is 2. The van der Waals surface area contributed by atoms with E-state index in [4.69, 9.17) is 21.1 Å². The molecule has 0 N–H and O–H groups in total. The highest BCUT2D eigenvalue weighted by molar-refractivity contribution is 7.98. The number of carbonyl (C=O) groups is 1. The van der Waals surface area contributed by atoms with Gasteiger partial charge in [-0.1, -0.05) is 23.7 Å². The summed E-state index contributed by atoms with van der Waals surface area (Å²) in [5.74, 6) is 0.588. The van der Waals surface area contributed by atoms with Crippen LogP contribution in [0.15, 0.2) is 23.2 Å². The van der Waals surface area contributed by atoms with E-state index in [1.165, 1.54) is 22.8 Å². The first kappa shape index (κ1) is 24.7. The van der Waals surface area contributed by atoms with Gasteiger partial charge >= 0.3 is 6.09 Å². The van der Waals surface area contributed by atoms with Crippen LogP contribution in [-0.4, -0.2) is 45.4 Å². The molecule has 1 aromatic heterocycles. The number of halogens is 2. The van der Waals surface area contributed by atoms with Gasteiger partial charge in [0.1, 0.15) is 10.8 Å². The minimum atomic E-state index is -1.02. The van der Waals surface area contributed by atoms with Gasteiger partial charge in [0.05, 0.1) is 17.8 Å². The number of rotatable bonds is 8. The number of nitrogens with zero attached hydrogens (tertiary/aromatic N) is 3. The monoisotopic (exact) mass is 475 g/mol. The van der Waals surface area contributed by atoms with E-state index >= 15 is 0 Å². The van der Waals surface area contributed by atoms with E-state index in [0.29, 0.717) is 27.1 Å². The van der Waals surface area contributed by atoms with Gasteiger partial charge in [0.25, 0.3) is 0 Å². The molecule has 0 spiro atoms. The first-order chi connectivity index (χ1) is 14.2. The second-order valence-electron chi connectivity index (χ2n) is 7.15. The summed E-state index contributed by atoms with van der Waals surface area (Å²) >= 11 is 7.71. The fourth-order valence-electron chi connectivity index (χ4n) is 3.32. The lowest BCUT2D eigenvalue weighted by molar-refractivity contribution is 0.0542. The van der Waals surface area contributed by atoms with Crippen molar-refractivity contribution in [1.82, 2.24) is 13.9 Å². The Kier molecular flexibility index (Phi) is 8.75. The summed E-state index contributed by atoms with van der Waals surface area (Å²) in [6.45, 7) is 9.39. The van der Waals surface area contributed by atoms with E-state index in [2.05, 4.69) is 4.98 Å². The molecule has 0 radical (unpaired) electrons. The molecule has 30 heavy (non-hydrogen) atoms. The van der Waals surface area contributed by atoms with E-state index in [9.17, 15) is 8.68 Å². The number of para-hydroxylation sites is 1. The Bertz CT molecular complexity index is 884. The van der Waals surface area contributed by atoms with Gasteiger partial charge in [-0.3, -0.25) is 0 Å². The molecule has 10 heteroatoms. The third-order valence-corrected chi connectivity index (χ3v) is 6.23. The molecular weight excluding hydrogens is 449 g/mol. The fourth-order valence-corrected chi connectivity index (χ4v) is 4.60. The molecule has 0 fully saturated rings. The minimum absolute atomic E-state index is 0.00911. The van der Waals surface area contributed by atoms with E-state index in [1.807, 2.05) is 34.0 Å². The SMILES string of the molecule is COc1c(Cl)cccc1C(OC(=O)N(C(C)C)C(C)C)c1nc(SC)c(C)n1SF. The average Bonchev–Trinajstić information content (AvgIpc) is 3.00. The van der Waals surface area contributed by atoms with Crippen molar-refractivity contribution in [1.29, 1.82) is 0 Å². The van der Waals surface area contributed by atoms with Crippen LogP contribution in [-0.2, 0) is 4.74 Å². The summed E-state index contributed by atoms with van der Waals surface area (Å²) in [5.41, 5.74) is 1.11. The van der Waals surface area contributed by atoms with Crippen LogP contribution in [0.25, 0.3) is 0 Å². The van der Waals surface area contributed by atoms with E-state index in [-0.39, 0.29) is 30.2 Å². The quantitative estimate of drug-likeness (QED) is 0.417. The molecule has 0 bridgehead atoms. The lowest BCUT2D eigenvalue weighted by Gasteiger charge is -2.31. The van der Waals surface area contributed by atoms with Crippen LogP contribution < -0.4 is 4.74 Å². The van der Waals surface area contributed by atoms with Crippen LogP contribution in [0.5, 0.6) is 5.75 Å². The highest BCUT2D eigenvalue weighted by Crippen LogP contribution is 2.40. The van der Waals surface area contributed by atoms with Crippen molar-refractivity contribution >= 4 is 41.8 Å². The molecule has 1 aromatic carbocycles. The van der Waals surface area contributed by atoms with Crippen molar-refractivity contribution in [2.45, 2.75) is 57.8 Å². The third-order valence-electron chi connectivity index (χ3n) is 4.56. The maximum Gasteiger partial charge on any atom is 0.411 e. The Morgan fingerprint density at radius 2 is 1.90 bits per heavy atom. The van der Waals surface area contributed by atoms with E-state index < -0.39 is 12.2 Å². The summed E-state index contributed by atoms with van der Waals surface area (Å²) in [7, 11) is 1.48. The maximum absolute atomic E-state index is 13.9. The molecular formula is C20H27ClFN3O3S2. The number of methoxy groups -OCH3 is 1. The zero-order valence-corrected chi connectivity index (χ0v) is 20.5.